The average Bonchev–Trinajstić information content (AvgIpc) is 2.70. The number of carbonyl (C=O) groups excluding carboxylic acids is 2. The lowest BCUT2D eigenvalue weighted by Crippen LogP contribution is -2.24. The molecule has 2 amide bonds. The molecule has 0 aliphatic carbocycles. The van der Waals surface area contributed by atoms with Gasteiger partial charge >= 0.3 is 0 Å². The van der Waals surface area contributed by atoms with E-state index in [0.29, 0.717) is 42.4 Å². The van der Waals surface area contributed by atoms with E-state index in [0.717, 1.165) is 12.0 Å². The maximum Gasteiger partial charge on any atom is 0.253 e. The Kier molecular flexibility index (Phi) is 7.87. The molecule has 0 spiro atoms. The molecule has 2 aromatic rings. The standard InChI is InChI=1S/C22H28N2O4/c1-5-12-28-19-11-10-17(14-20(19)27-6-2)21(25)23-15-16-8-7-9-18(13-16)22(26)24(3)4/h7-11,13-14H,5-6,12,15H2,1-4H3,(H,23,25). The van der Waals surface area contributed by atoms with E-state index in [1.54, 1.807) is 44.4 Å². The van der Waals surface area contributed by atoms with Gasteiger partial charge in [-0.25, -0.2) is 0 Å². The first-order valence-corrected chi connectivity index (χ1v) is 9.44. The molecule has 0 saturated carbocycles. The van der Waals surface area contributed by atoms with Crippen LogP contribution in [0.25, 0.3) is 0 Å². The first-order valence-electron chi connectivity index (χ1n) is 9.44. The van der Waals surface area contributed by atoms with Gasteiger partial charge in [-0.05, 0) is 49.2 Å². The summed E-state index contributed by atoms with van der Waals surface area (Å²) in [4.78, 5) is 26.1. The molecule has 6 nitrogen and oxygen atoms in total. The normalized spacial score (nSPS) is 10.3. The second-order valence-electron chi connectivity index (χ2n) is 6.53. The number of hydrogen-bond donors (Lipinski definition) is 1. The van der Waals surface area contributed by atoms with Crippen molar-refractivity contribution in [1.29, 1.82) is 0 Å². The van der Waals surface area contributed by atoms with Crippen molar-refractivity contribution >= 4 is 11.8 Å². The van der Waals surface area contributed by atoms with Gasteiger partial charge in [0.15, 0.2) is 11.5 Å². The molecule has 0 aliphatic heterocycles. The van der Waals surface area contributed by atoms with Crippen molar-refractivity contribution < 1.29 is 19.1 Å². The van der Waals surface area contributed by atoms with Crippen molar-refractivity contribution in [3.8, 4) is 11.5 Å². The highest BCUT2D eigenvalue weighted by atomic mass is 16.5. The fourth-order valence-electron chi connectivity index (χ4n) is 2.61. The van der Waals surface area contributed by atoms with Crippen LogP contribution in [0.1, 0.15) is 46.5 Å². The van der Waals surface area contributed by atoms with Gasteiger partial charge in [0.25, 0.3) is 11.8 Å². The summed E-state index contributed by atoms with van der Waals surface area (Å²) < 4.78 is 11.3. The SMILES string of the molecule is CCCOc1ccc(C(=O)NCc2cccc(C(=O)N(C)C)c2)cc1OCC. The van der Waals surface area contributed by atoms with Crippen molar-refractivity contribution in [2.24, 2.45) is 0 Å². The summed E-state index contributed by atoms with van der Waals surface area (Å²) in [5, 5.41) is 2.88. The molecular weight excluding hydrogens is 356 g/mol. The fraction of sp³-hybridized carbons (Fsp3) is 0.364. The van der Waals surface area contributed by atoms with Crippen molar-refractivity contribution in [1.82, 2.24) is 10.2 Å². The zero-order valence-electron chi connectivity index (χ0n) is 17.0. The lowest BCUT2D eigenvalue weighted by atomic mass is 10.1. The Morgan fingerprint density at radius 3 is 2.43 bits per heavy atom. The van der Waals surface area contributed by atoms with Crippen LogP contribution in [0, 0.1) is 0 Å². The van der Waals surface area contributed by atoms with E-state index in [2.05, 4.69) is 5.32 Å². The summed E-state index contributed by atoms with van der Waals surface area (Å²) in [5.74, 6) is 0.905. The molecule has 1 N–H and O–H groups in total. The van der Waals surface area contributed by atoms with E-state index >= 15 is 0 Å². The quantitative estimate of drug-likeness (QED) is 0.718. The van der Waals surface area contributed by atoms with E-state index in [1.807, 2.05) is 26.0 Å². The Hall–Kier alpha value is -3.02. The smallest absolute Gasteiger partial charge is 0.253 e. The van der Waals surface area contributed by atoms with Gasteiger partial charge in [0.05, 0.1) is 13.2 Å². The van der Waals surface area contributed by atoms with Crippen molar-refractivity contribution in [3.63, 3.8) is 0 Å². The minimum absolute atomic E-state index is 0.0720. The third-order valence-corrected chi connectivity index (χ3v) is 4.00. The molecule has 0 heterocycles. The molecule has 0 atom stereocenters. The van der Waals surface area contributed by atoms with Crippen LogP contribution < -0.4 is 14.8 Å². The van der Waals surface area contributed by atoms with Gasteiger partial charge < -0.3 is 19.7 Å². The molecule has 0 saturated heterocycles. The Bertz CT molecular complexity index is 818. The number of carbonyl (C=O) groups is 2. The van der Waals surface area contributed by atoms with Crippen LogP contribution in [0.3, 0.4) is 0 Å². The summed E-state index contributed by atoms with van der Waals surface area (Å²) in [7, 11) is 3.42. The first-order chi connectivity index (χ1) is 13.5. The van der Waals surface area contributed by atoms with Gasteiger partial charge in [0, 0.05) is 31.8 Å². The van der Waals surface area contributed by atoms with Gasteiger partial charge in [0.1, 0.15) is 0 Å². The van der Waals surface area contributed by atoms with Gasteiger partial charge in [-0.2, -0.15) is 0 Å². The third-order valence-electron chi connectivity index (χ3n) is 4.00. The number of benzene rings is 2. The second kappa shape index (κ2) is 10.3. The molecule has 0 unspecified atom stereocenters. The lowest BCUT2D eigenvalue weighted by Gasteiger charge is -2.13. The van der Waals surface area contributed by atoms with Gasteiger partial charge in [-0.1, -0.05) is 19.1 Å². The van der Waals surface area contributed by atoms with Crippen LogP contribution in [0.2, 0.25) is 0 Å². The number of nitrogens with zero attached hydrogens (tertiary/aromatic N) is 1. The summed E-state index contributed by atoms with van der Waals surface area (Å²) >= 11 is 0. The number of nitrogens with one attached hydrogen (secondary N) is 1. The van der Waals surface area contributed by atoms with Crippen LogP contribution in [-0.2, 0) is 6.54 Å². The molecule has 0 bridgehead atoms. The largest absolute Gasteiger partial charge is 0.490 e. The molecular formula is C22H28N2O4. The Labute approximate surface area is 166 Å². The maximum absolute atomic E-state index is 12.5. The Morgan fingerprint density at radius 1 is 0.964 bits per heavy atom. The predicted molar refractivity (Wildman–Crippen MR) is 109 cm³/mol. The van der Waals surface area contributed by atoms with E-state index in [9.17, 15) is 9.59 Å². The van der Waals surface area contributed by atoms with Crippen LogP contribution in [0.15, 0.2) is 42.5 Å². The second-order valence-corrected chi connectivity index (χ2v) is 6.53. The average molecular weight is 384 g/mol. The van der Waals surface area contributed by atoms with Crippen molar-refractivity contribution in [3.05, 3.63) is 59.2 Å². The number of amides is 2. The highest BCUT2D eigenvalue weighted by Crippen LogP contribution is 2.28. The summed E-state index contributed by atoms with van der Waals surface area (Å²) in [6.07, 6.45) is 0.892. The third kappa shape index (κ3) is 5.74. The highest BCUT2D eigenvalue weighted by Gasteiger charge is 2.12. The van der Waals surface area contributed by atoms with E-state index in [1.165, 1.54) is 4.90 Å². The molecule has 2 rings (SSSR count). The van der Waals surface area contributed by atoms with Crippen molar-refractivity contribution in [2.75, 3.05) is 27.3 Å². The topological polar surface area (TPSA) is 67.9 Å². The van der Waals surface area contributed by atoms with E-state index in [-0.39, 0.29) is 11.8 Å². The first kappa shape index (κ1) is 21.3. The minimum atomic E-state index is -0.215. The molecule has 2 aromatic carbocycles. The number of rotatable bonds is 9. The maximum atomic E-state index is 12.5. The van der Waals surface area contributed by atoms with Gasteiger partial charge in [-0.15, -0.1) is 0 Å². The lowest BCUT2D eigenvalue weighted by molar-refractivity contribution is 0.0827. The van der Waals surface area contributed by atoms with Crippen LogP contribution in [0.4, 0.5) is 0 Å². The monoisotopic (exact) mass is 384 g/mol. The van der Waals surface area contributed by atoms with Gasteiger partial charge in [-0.3, -0.25) is 9.59 Å². The molecule has 0 radical (unpaired) electrons. The highest BCUT2D eigenvalue weighted by molar-refractivity contribution is 5.95. The molecule has 6 heteroatoms. The summed E-state index contributed by atoms with van der Waals surface area (Å²) in [5.41, 5.74) is 1.94. The number of ether oxygens (including phenoxy) is 2. The van der Waals surface area contributed by atoms with Crippen LogP contribution in [0.5, 0.6) is 11.5 Å². The minimum Gasteiger partial charge on any atom is -0.490 e. The molecule has 0 aromatic heterocycles. The predicted octanol–water partition coefficient (Wildman–Crippen LogP) is 3.51. The molecule has 0 fully saturated rings. The fourth-order valence-corrected chi connectivity index (χ4v) is 2.61. The molecule has 0 aliphatic rings. The summed E-state index contributed by atoms with van der Waals surface area (Å²) in [6, 6.07) is 12.4. The zero-order valence-corrected chi connectivity index (χ0v) is 17.0. The Balaban J connectivity index is 2.07. The van der Waals surface area contributed by atoms with E-state index in [4.69, 9.17) is 9.47 Å². The van der Waals surface area contributed by atoms with Gasteiger partial charge in [0.2, 0.25) is 0 Å². The Morgan fingerprint density at radius 2 is 1.75 bits per heavy atom. The van der Waals surface area contributed by atoms with E-state index < -0.39 is 0 Å². The molecule has 28 heavy (non-hydrogen) atoms. The zero-order chi connectivity index (χ0) is 20.5. The van der Waals surface area contributed by atoms with Crippen molar-refractivity contribution in [2.45, 2.75) is 26.8 Å². The van der Waals surface area contributed by atoms with Crippen LogP contribution in [-0.4, -0.2) is 44.0 Å². The number of hydrogen-bond acceptors (Lipinski definition) is 4. The molecule has 150 valence electrons. The van der Waals surface area contributed by atoms with Crippen LogP contribution >= 0.6 is 0 Å². The summed E-state index contributed by atoms with van der Waals surface area (Å²) in [6.45, 7) is 5.32.